The zero-order chi connectivity index (χ0) is 36.0. The molecule has 0 saturated carbocycles. The van der Waals surface area contributed by atoms with Crippen LogP contribution in [0.1, 0.15) is 16.1 Å². The molecule has 2 saturated heterocycles. The van der Waals surface area contributed by atoms with Gasteiger partial charge in [-0.05, 0) is 12.1 Å². The van der Waals surface area contributed by atoms with Crippen molar-refractivity contribution in [3.05, 3.63) is 100 Å². The fraction of sp³-hybridized carbons (Fsp3) is 0.265. The second-order valence-electron chi connectivity index (χ2n) is 11.8. The number of ether oxygens (including phenoxy) is 2. The summed E-state index contributed by atoms with van der Waals surface area (Å²) in [4.78, 5) is 29.8. The number of nitrogens with two attached hydrogens (primary N) is 2. The molecule has 0 amide bonds. The minimum atomic E-state index is 0.0526. The molecule has 7 aromatic rings. The van der Waals surface area contributed by atoms with Crippen molar-refractivity contribution in [3.8, 4) is 0 Å². The summed E-state index contributed by atoms with van der Waals surface area (Å²) in [6.07, 6.45) is 5.34. The van der Waals surface area contributed by atoms with E-state index < -0.39 is 0 Å². The zero-order valence-electron chi connectivity index (χ0n) is 27.9. The maximum Gasteiger partial charge on any atom is 0.168 e. The number of Topliss-reactive ketones (excluding diaryl/α,β-unsaturated/α-hetero) is 1. The maximum atomic E-state index is 12.6. The number of anilines is 4. The van der Waals surface area contributed by atoms with Gasteiger partial charge in [0.2, 0.25) is 0 Å². The van der Waals surface area contributed by atoms with Crippen molar-refractivity contribution >= 4 is 73.5 Å². The Balaban J connectivity index is 0.000000133. The summed E-state index contributed by atoms with van der Waals surface area (Å²) in [6.45, 7) is 6.20. The SMILES string of the molecule is Nc1cc(Cl)n2nccc2n1.Nc1cc(N2CCOCC2)n2nccc2n1.O=C(Cc1cc(N2CCOCC2)n2nccc2n1)c1ccc(Br)cc1. The van der Waals surface area contributed by atoms with Crippen molar-refractivity contribution in [1.82, 2.24) is 43.8 Å². The highest BCUT2D eigenvalue weighted by molar-refractivity contribution is 9.10. The lowest BCUT2D eigenvalue weighted by molar-refractivity contribution is 0.0992. The van der Waals surface area contributed by atoms with E-state index in [1.165, 1.54) is 4.52 Å². The van der Waals surface area contributed by atoms with Crippen molar-refractivity contribution in [3.63, 3.8) is 0 Å². The molecule has 16 nitrogen and oxygen atoms in total. The fourth-order valence-electron chi connectivity index (χ4n) is 5.78. The van der Waals surface area contributed by atoms with Crippen LogP contribution in [0.25, 0.3) is 16.9 Å². The quantitative estimate of drug-likeness (QED) is 0.190. The molecular weight excluding hydrogens is 754 g/mol. The Hall–Kier alpha value is -5.36. The van der Waals surface area contributed by atoms with Crippen LogP contribution in [0.3, 0.4) is 0 Å². The van der Waals surface area contributed by atoms with Gasteiger partial charge in [0.25, 0.3) is 0 Å². The molecule has 268 valence electrons. The van der Waals surface area contributed by atoms with E-state index in [4.69, 9.17) is 32.5 Å². The number of nitrogens with zero attached hydrogens (tertiary/aromatic N) is 11. The van der Waals surface area contributed by atoms with Crippen LogP contribution < -0.4 is 21.3 Å². The summed E-state index contributed by atoms with van der Waals surface area (Å²) in [6, 6.07) is 18.2. The van der Waals surface area contributed by atoms with E-state index in [0.29, 0.717) is 41.2 Å². The maximum absolute atomic E-state index is 12.6. The number of carbonyl (C=O) groups excluding carboxylic acids is 1. The molecule has 6 aromatic heterocycles. The lowest BCUT2D eigenvalue weighted by Gasteiger charge is -2.29. The van der Waals surface area contributed by atoms with Gasteiger partial charge in [-0.2, -0.15) is 24.3 Å². The third-order valence-corrected chi connectivity index (χ3v) is 9.07. The third-order valence-electron chi connectivity index (χ3n) is 8.27. The molecule has 52 heavy (non-hydrogen) atoms. The number of hydrogen-bond donors (Lipinski definition) is 2. The van der Waals surface area contributed by atoms with Crippen molar-refractivity contribution in [1.29, 1.82) is 0 Å². The van der Waals surface area contributed by atoms with E-state index >= 15 is 0 Å². The number of nitrogen functional groups attached to an aromatic ring is 2. The number of halogens is 2. The fourth-order valence-corrected chi connectivity index (χ4v) is 6.29. The summed E-state index contributed by atoms with van der Waals surface area (Å²) < 4.78 is 16.9. The molecule has 1 aromatic carbocycles. The highest BCUT2D eigenvalue weighted by atomic mass is 79.9. The Morgan fingerprint density at radius 1 is 0.673 bits per heavy atom. The Morgan fingerprint density at radius 2 is 1.15 bits per heavy atom. The smallest absolute Gasteiger partial charge is 0.168 e. The van der Waals surface area contributed by atoms with Gasteiger partial charge >= 0.3 is 0 Å². The molecule has 0 unspecified atom stereocenters. The second-order valence-corrected chi connectivity index (χ2v) is 13.1. The van der Waals surface area contributed by atoms with E-state index in [9.17, 15) is 4.79 Å². The minimum absolute atomic E-state index is 0.0526. The van der Waals surface area contributed by atoms with Gasteiger partial charge in [0.1, 0.15) is 28.4 Å². The first-order chi connectivity index (χ1) is 25.3. The van der Waals surface area contributed by atoms with Crippen LogP contribution in [-0.2, 0) is 15.9 Å². The molecular formula is C34H35BrClN13O3. The van der Waals surface area contributed by atoms with Gasteiger partial charge in [-0.1, -0.05) is 39.7 Å². The lowest BCUT2D eigenvalue weighted by Crippen LogP contribution is -2.37. The molecule has 9 rings (SSSR count). The van der Waals surface area contributed by atoms with Crippen LogP contribution in [0.5, 0.6) is 0 Å². The number of hydrogen-bond acceptors (Lipinski definition) is 13. The first kappa shape index (κ1) is 35.1. The summed E-state index contributed by atoms with van der Waals surface area (Å²) in [7, 11) is 0. The lowest BCUT2D eigenvalue weighted by atomic mass is 10.1. The number of carbonyl (C=O) groups is 1. The molecule has 0 radical (unpaired) electrons. The van der Waals surface area contributed by atoms with Gasteiger partial charge < -0.3 is 30.7 Å². The summed E-state index contributed by atoms with van der Waals surface area (Å²) >= 11 is 9.17. The second kappa shape index (κ2) is 15.9. The van der Waals surface area contributed by atoms with Crippen LogP contribution >= 0.6 is 27.5 Å². The van der Waals surface area contributed by atoms with Gasteiger partial charge in [0, 0.05) is 72.6 Å². The Kier molecular flexibility index (Phi) is 10.7. The van der Waals surface area contributed by atoms with Crippen molar-refractivity contribution in [2.45, 2.75) is 6.42 Å². The Bertz CT molecular complexity index is 2300. The zero-order valence-corrected chi connectivity index (χ0v) is 30.3. The molecule has 0 bridgehead atoms. The van der Waals surface area contributed by atoms with Gasteiger partial charge in [0.05, 0.1) is 57.1 Å². The molecule has 0 spiro atoms. The van der Waals surface area contributed by atoms with Crippen LogP contribution in [0.4, 0.5) is 23.3 Å². The molecule has 0 atom stereocenters. The minimum Gasteiger partial charge on any atom is -0.384 e. The summed E-state index contributed by atoms with van der Waals surface area (Å²) in [5.41, 5.74) is 14.9. The third kappa shape index (κ3) is 8.07. The molecule has 2 aliphatic rings. The first-order valence-corrected chi connectivity index (χ1v) is 17.6. The average Bonchev–Trinajstić information content (AvgIpc) is 3.94. The van der Waals surface area contributed by atoms with Gasteiger partial charge in [-0.3, -0.25) is 4.79 Å². The Labute approximate surface area is 311 Å². The van der Waals surface area contributed by atoms with E-state index in [0.717, 1.165) is 72.5 Å². The number of ketones is 1. The molecule has 2 aliphatic heterocycles. The first-order valence-electron chi connectivity index (χ1n) is 16.5. The molecule has 0 aliphatic carbocycles. The highest BCUT2D eigenvalue weighted by Gasteiger charge is 2.19. The topological polar surface area (TPSA) is 185 Å². The average molecular weight is 789 g/mol. The molecule has 8 heterocycles. The molecule has 18 heteroatoms. The van der Waals surface area contributed by atoms with Gasteiger partial charge in [-0.15, -0.1) is 0 Å². The monoisotopic (exact) mass is 787 g/mol. The predicted octanol–water partition coefficient (Wildman–Crippen LogP) is 3.87. The normalized spacial score (nSPS) is 14.6. The number of morpholine rings is 2. The van der Waals surface area contributed by atoms with Crippen LogP contribution in [0.2, 0.25) is 5.15 Å². The largest absolute Gasteiger partial charge is 0.384 e. The van der Waals surface area contributed by atoms with Crippen LogP contribution in [0, 0.1) is 0 Å². The summed E-state index contributed by atoms with van der Waals surface area (Å²) in [5.74, 6) is 2.92. The number of fused-ring (bicyclic) bond motifs is 3. The van der Waals surface area contributed by atoms with Gasteiger partial charge in [0.15, 0.2) is 22.7 Å². The number of rotatable bonds is 5. The van der Waals surface area contributed by atoms with E-state index in [2.05, 4.69) is 56.0 Å². The standard InChI is InChI=1S/C18H17BrN4O2.C10H13N5O.C6H5ClN4/c19-14-3-1-13(2-4-14)16(24)11-15-12-18(22-7-9-25-10-8-22)23-17(21-15)5-6-20-23;11-8-7-10(14-3-5-16-6-4-14)15-9(13-8)1-2-12-15;7-4-3-5(8)10-6-1-2-9-11(4)6/h1-6,12H,7-11H2;1-2,7H,3-6H2,(H2,11,13);1-3H,(H2,8,10). The molecule has 4 N–H and O–H groups in total. The highest BCUT2D eigenvalue weighted by Crippen LogP contribution is 2.21. The number of benzene rings is 1. The van der Waals surface area contributed by atoms with Crippen molar-refractivity contribution < 1.29 is 14.3 Å². The number of aromatic nitrogens is 9. The summed E-state index contributed by atoms with van der Waals surface area (Å²) in [5, 5.41) is 13.0. The van der Waals surface area contributed by atoms with Crippen molar-refractivity contribution in [2.75, 3.05) is 73.9 Å². The Morgan fingerprint density at radius 3 is 1.73 bits per heavy atom. The van der Waals surface area contributed by atoms with Crippen molar-refractivity contribution in [2.24, 2.45) is 0 Å². The molecule has 2 fully saturated rings. The van der Waals surface area contributed by atoms with Gasteiger partial charge in [-0.25, -0.2) is 19.5 Å². The van der Waals surface area contributed by atoms with Crippen LogP contribution in [0.15, 0.2) is 83.7 Å². The van der Waals surface area contributed by atoms with E-state index in [1.807, 2.05) is 57.6 Å². The predicted molar refractivity (Wildman–Crippen MR) is 201 cm³/mol. The van der Waals surface area contributed by atoms with E-state index in [-0.39, 0.29) is 12.2 Å². The van der Waals surface area contributed by atoms with E-state index in [1.54, 1.807) is 30.7 Å². The van der Waals surface area contributed by atoms with Crippen LogP contribution in [-0.4, -0.2) is 102 Å².